The van der Waals surface area contributed by atoms with Crippen molar-refractivity contribution in [3.63, 3.8) is 0 Å². The Morgan fingerprint density at radius 1 is 1.33 bits per heavy atom. The number of esters is 2. The molecule has 8 nitrogen and oxygen atoms in total. The molecule has 1 aromatic heterocycles. The first-order chi connectivity index (χ1) is 10.0. The van der Waals surface area contributed by atoms with Crippen LogP contribution in [0.25, 0.3) is 0 Å². The summed E-state index contributed by atoms with van der Waals surface area (Å²) in [7, 11) is 1.22. The second-order valence-corrected chi connectivity index (χ2v) is 5.34. The number of rotatable bonds is 4. The minimum absolute atomic E-state index is 0.00364. The predicted molar refractivity (Wildman–Crippen MR) is 73.3 cm³/mol. The second kappa shape index (κ2) is 6.55. The molecule has 1 saturated carbocycles. The zero-order chi connectivity index (χ0) is 15.4. The summed E-state index contributed by atoms with van der Waals surface area (Å²) >= 11 is 0. The molecule has 116 valence electrons. The third-order valence-corrected chi connectivity index (χ3v) is 3.69. The molecule has 2 N–H and O–H groups in total. The van der Waals surface area contributed by atoms with Gasteiger partial charge in [0.15, 0.2) is 5.82 Å². The first kappa shape index (κ1) is 15.3. The van der Waals surface area contributed by atoms with Crippen molar-refractivity contribution in [2.45, 2.75) is 45.3 Å². The number of nitrogens with zero attached hydrogens (tertiary/aromatic N) is 3. The second-order valence-electron chi connectivity index (χ2n) is 5.34. The van der Waals surface area contributed by atoms with E-state index in [9.17, 15) is 9.59 Å². The van der Waals surface area contributed by atoms with Crippen molar-refractivity contribution in [1.29, 1.82) is 0 Å². The highest BCUT2D eigenvalue weighted by molar-refractivity contribution is 5.91. The Bertz CT molecular complexity index is 520. The third kappa shape index (κ3) is 3.71. The summed E-state index contributed by atoms with van der Waals surface area (Å²) in [6.07, 6.45) is 3.85. The number of hydrogen-bond donors (Lipinski definition) is 1. The lowest BCUT2D eigenvalue weighted by molar-refractivity contribution is -0.151. The summed E-state index contributed by atoms with van der Waals surface area (Å²) in [5, 5.41) is 7.27. The monoisotopic (exact) mass is 296 g/mol. The Morgan fingerprint density at radius 3 is 2.62 bits per heavy atom. The van der Waals surface area contributed by atoms with Gasteiger partial charge in [0, 0.05) is 0 Å². The zero-order valence-corrected chi connectivity index (χ0v) is 12.2. The Kier molecular flexibility index (Phi) is 4.77. The normalized spacial score (nSPS) is 21.8. The van der Waals surface area contributed by atoms with Gasteiger partial charge in [-0.05, 0) is 31.6 Å². The number of anilines is 1. The van der Waals surface area contributed by atoms with E-state index < -0.39 is 11.9 Å². The van der Waals surface area contributed by atoms with Crippen LogP contribution in [0.2, 0.25) is 0 Å². The average molecular weight is 296 g/mol. The highest BCUT2D eigenvalue weighted by Gasteiger charge is 2.23. The van der Waals surface area contributed by atoms with Crippen molar-refractivity contribution in [3.8, 4) is 0 Å². The van der Waals surface area contributed by atoms with Crippen molar-refractivity contribution < 1.29 is 19.1 Å². The molecule has 1 aliphatic carbocycles. The maximum atomic E-state index is 11.9. The number of aromatic nitrogens is 3. The molecule has 2 rings (SSSR count). The van der Waals surface area contributed by atoms with Gasteiger partial charge in [-0.15, -0.1) is 5.10 Å². The van der Waals surface area contributed by atoms with Gasteiger partial charge in [0.05, 0.1) is 7.11 Å². The van der Waals surface area contributed by atoms with Gasteiger partial charge < -0.3 is 15.2 Å². The summed E-state index contributed by atoms with van der Waals surface area (Å²) in [6, 6.07) is 0. The third-order valence-electron chi connectivity index (χ3n) is 3.69. The van der Waals surface area contributed by atoms with E-state index in [1.165, 1.54) is 7.11 Å². The van der Waals surface area contributed by atoms with Crippen LogP contribution in [0.5, 0.6) is 0 Å². The van der Waals surface area contributed by atoms with Crippen LogP contribution in [0.3, 0.4) is 0 Å². The van der Waals surface area contributed by atoms with Crippen LogP contribution in [0, 0.1) is 5.92 Å². The van der Waals surface area contributed by atoms with Gasteiger partial charge in [-0.2, -0.15) is 0 Å². The molecule has 0 atom stereocenters. The van der Waals surface area contributed by atoms with Gasteiger partial charge in [0.25, 0.3) is 0 Å². The highest BCUT2D eigenvalue weighted by atomic mass is 16.5. The Balaban J connectivity index is 1.91. The van der Waals surface area contributed by atoms with Gasteiger partial charge in [-0.25, -0.2) is 9.48 Å². The summed E-state index contributed by atoms with van der Waals surface area (Å²) in [5.41, 5.74) is 5.61. The lowest BCUT2D eigenvalue weighted by Crippen LogP contribution is -2.26. The van der Waals surface area contributed by atoms with Gasteiger partial charge in [0.1, 0.15) is 12.6 Å². The topological polar surface area (TPSA) is 109 Å². The Labute approximate surface area is 122 Å². The zero-order valence-electron chi connectivity index (χ0n) is 12.2. The van der Waals surface area contributed by atoms with E-state index in [0.29, 0.717) is 5.92 Å². The van der Waals surface area contributed by atoms with Crippen LogP contribution >= 0.6 is 0 Å². The van der Waals surface area contributed by atoms with Crippen molar-refractivity contribution >= 4 is 17.8 Å². The molecule has 0 aromatic carbocycles. The van der Waals surface area contributed by atoms with E-state index in [1.54, 1.807) is 0 Å². The highest BCUT2D eigenvalue weighted by Crippen LogP contribution is 2.25. The van der Waals surface area contributed by atoms with Gasteiger partial charge in [-0.3, -0.25) is 4.79 Å². The van der Waals surface area contributed by atoms with Crippen molar-refractivity contribution in [1.82, 2.24) is 15.0 Å². The number of nitrogen functional groups attached to an aromatic ring is 1. The van der Waals surface area contributed by atoms with Crippen LogP contribution < -0.4 is 5.73 Å². The number of ether oxygens (including phenoxy) is 2. The quantitative estimate of drug-likeness (QED) is 0.817. The van der Waals surface area contributed by atoms with Crippen LogP contribution in [-0.2, 0) is 20.8 Å². The number of methoxy groups -OCH3 is 1. The molecule has 0 radical (unpaired) electrons. The van der Waals surface area contributed by atoms with E-state index in [0.717, 1.165) is 30.4 Å². The van der Waals surface area contributed by atoms with Gasteiger partial charge in [-0.1, -0.05) is 12.1 Å². The first-order valence-electron chi connectivity index (χ1n) is 6.98. The summed E-state index contributed by atoms with van der Waals surface area (Å²) in [5.74, 6) is -0.430. The van der Waals surface area contributed by atoms with Crippen LogP contribution in [0.1, 0.15) is 43.1 Å². The lowest BCUT2D eigenvalue weighted by atomic mass is 9.89. The van der Waals surface area contributed by atoms with E-state index in [4.69, 9.17) is 10.5 Å². The van der Waals surface area contributed by atoms with Crippen molar-refractivity contribution in [2.75, 3.05) is 12.8 Å². The van der Waals surface area contributed by atoms with Gasteiger partial charge >= 0.3 is 11.9 Å². The molecule has 0 amide bonds. The van der Waals surface area contributed by atoms with Crippen molar-refractivity contribution in [2.24, 2.45) is 5.92 Å². The number of hydrogen-bond acceptors (Lipinski definition) is 7. The smallest absolute Gasteiger partial charge is 0.362 e. The average Bonchev–Trinajstić information content (AvgIpc) is 2.82. The molecule has 0 bridgehead atoms. The fourth-order valence-corrected chi connectivity index (χ4v) is 2.37. The summed E-state index contributed by atoms with van der Waals surface area (Å²) in [6.45, 7) is 2.03. The molecule has 1 aromatic rings. The van der Waals surface area contributed by atoms with Crippen LogP contribution in [0.15, 0.2) is 0 Å². The largest absolute Gasteiger partial charge is 0.464 e. The van der Waals surface area contributed by atoms with Gasteiger partial charge in [0.2, 0.25) is 5.69 Å². The summed E-state index contributed by atoms with van der Waals surface area (Å²) < 4.78 is 11.1. The fraction of sp³-hybridized carbons (Fsp3) is 0.692. The molecule has 0 saturated heterocycles. The van der Waals surface area contributed by atoms with Crippen LogP contribution in [0.4, 0.5) is 5.82 Å². The fourth-order valence-electron chi connectivity index (χ4n) is 2.37. The maximum absolute atomic E-state index is 11.9. The number of carbonyl (C=O) groups is 2. The lowest BCUT2D eigenvalue weighted by Gasteiger charge is -2.25. The molecule has 8 heteroatoms. The number of nitrogens with two attached hydrogens (primary N) is 1. The molecule has 1 fully saturated rings. The van der Waals surface area contributed by atoms with E-state index in [2.05, 4.69) is 22.0 Å². The molecule has 1 aliphatic rings. The molecular weight excluding hydrogens is 276 g/mol. The van der Waals surface area contributed by atoms with Crippen molar-refractivity contribution in [3.05, 3.63) is 5.69 Å². The SMILES string of the molecule is COC(=O)c1nnn(CC(=O)OC2CCC(C)CC2)c1N. The van der Waals surface area contributed by atoms with E-state index >= 15 is 0 Å². The van der Waals surface area contributed by atoms with Crippen LogP contribution in [-0.4, -0.2) is 40.1 Å². The van der Waals surface area contributed by atoms with E-state index in [-0.39, 0.29) is 24.2 Å². The summed E-state index contributed by atoms with van der Waals surface area (Å²) in [4.78, 5) is 23.2. The molecule has 0 aliphatic heterocycles. The maximum Gasteiger partial charge on any atom is 0.362 e. The Morgan fingerprint density at radius 2 is 2.00 bits per heavy atom. The molecular formula is C13H20N4O4. The van der Waals surface area contributed by atoms with E-state index in [1.807, 2.05) is 0 Å². The standard InChI is InChI=1S/C13H20N4O4/c1-8-3-5-9(6-4-8)21-10(18)7-17-12(14)11(15-16-17)13(19)20-2/h8-9H,3-7,14H2,1-2H3. The minimum atomic E-state index is -0.687. The predicted octanol–water partition coefficient (Wildman–Crippen LogP) is 0.769. The molecule has 21 heavy (non-hydrogen) atoms. The molecule has 0 spiro atoms. The Hall–Kier alpha value is -2.12. The molecule has 0 unspecified atom stereocenters. The molecule has 1 heterocycles. The minimum Gasteiger partial charge on any atom is -0.464 e. The number of carbonyl (C=O) groups excluding carboxylic acids is 2. The first-order valence-corrected chi connectivity index (χ1v) is 6.98.